The molecule has 0 aliphatic carbocycles. The molecule has 0 saturated carbocycles. The molecule has 2 rings (SSSR count). The van der Waals surface area contributed by atoms with Crippen LogP contribution in [0.1, 0.15) is 30.2 Å². The highest BCUT2D eigenvalue weighted by molar-refractivity contribution is 7.80. The van der Waals surface area contributed by atoms with E-state index in [1.807, 2.05) is 13.8 Å². The van der Waals surface area contributed by atoms with Crippen LogP contribution >= 0.6 is 12.6 Å². The summed E-state index contributed by atoms with van der Waals surface area (Å²) in [6, 6.07) is 8.97. The maximum atomic E-state index is 9.43. The van der Waals surface area contributed by atoms with Crippen LogP contribution in [0.5, 0.6) is 23.0 Å². The zero-order chi connectivity index (χ0) is 16.7. The summed E-state index contributed by atoms with van der Waals surface area (Å²) in [5.41, 5.74) is 1.44. The molecule has 0 radical (unpaired) electrons. The van der Waals surface area contributed by atoms with Gasteiger partial charge in [-0.1, -0.05) is 38.1 Å². The van der Waals surface area contributed by atoms with Gasteiger partial charge in [-0.15, -0.1) is 0 Å². The number of phenols is 4. The monoisotopic (exact) mass is 320 g/mol. The van der Waals surface area contributed by atoms with E-state index in [9.17, 15) is 20.4 Å². The van der Waals surface area contributed by atoms with Crippen LogP contribution in [0.2, 0.25) is 0 Å². The van der Waals surface area contributed by atoms with Crippen molar-refractivity contribution in [2.75, 3.05) is 0 Å². The van der Waals surface area contributed by atoms with Crippen molar-refractivity contribution in [3.63, 3.8) is 0 Å². The molecule has 0 aliphatic rings. The molecule has 1 atom stereocenters. The standard InChI is InChI=1S/C15H14O4S.C2H6/c16-11-4-1-9(7-13(11)18)2-6-15(20)10-3-5-12(17)14(19)8-10;1-2/h1-8,15-20H;1-2H3/b6-2+;. The molecule has 0 heterocycles. The summed E-state index contributed by atoms with van der Waals surface area (Å²) < 4.78 is 0. The number of hydrogen-bond donors (Lipinski definition) is 5. The molecule has 1 unspecified atom stereocenters. The van der Waals surface area contributed by atoms with Crippen molar-refractivity contribution in [2.45, 2.75) is 19.1 Å². The van der Waals surface area contributed by atoms with E-state index in [0.717, 1.165) is 5.56 Å². The summed E-state index contributed by atoms with van der Waals surface area (Å²) in [5, 5.41) is 37.0. The lowest BCUT2D eigenvalue weighted by Gasteiger charge is -2.07. The summed E-state index contributed by atoms with van der Waals surface area (Å²) in [7, 11) is 0. The van der Waals surface area contributed by atoms with Crippen molar-refractivity contribution in [3.05, 3.63) is 53.6 Å². The summed E-state index contributed by atoms with van der Waals surface area (Å²) in [5.74, 6) is -0.739. The van der Waals surface area contributed by atoms with Crippen LogP contribution in [0.25, 0.3) is 6.08 Å². The average Bonchev–Trinajstić information content (AvgIpc) is 2.53. The topological polar surface area (TPSA) is 80.9 Å². The summed E-state index contributed by atoms with van der Waals surface area (Å²) in [4.78, 5) is 0. The largest absolute Gasteiger partial charge is 0.504 e. The fraction of sp³-hybridized carbons (Fsp3) is 0.176. The predicted octanol–water partition coefficient (Wildman–Crippen LogP) is 4.22. The summed E-state index contributed by atoms with van der Waals surface area (Å²) in [6.07, 6.45) is 3.50. The van der Waals surface area contributed by atoms with E-state index in [2.05, 4.69) is 12.6 Å². The highest BCUT2D eigenvalue weighted by Gasteiger charge is 2.06. The molecule has 0 fully saturated rings. The van der Waals surface area contributed by atoms with Gasteiger partial charge in [0, 0.05) is 5.25 Å². The lowest BCUT2D eigenvalue weighted by Crippen LogP contribution is -1.86. The Morgan fingerprint density at radius 3 is 1.91 bits per heavy atom. The van der Waals surface area contributed by atoms with E-state index in [1.165, 1.54) is 24.3 Å². The van der Waals surface area contributed by atoms with Gasteiger partial charge in [-0.3, -0.25) is 0 Å². The number of rotatable bonds is 3. The van der Waals surface area contributed by atoms with Crippen molar-refractivity contribution in [3.8, 4) is 23.0 Å². The van der Waals surface area contributed by atoms with Gasteiger partial charge in [0.25, 0.3) is 0 Å². The van der Waals surface area contributed by atoms with E-state index in [4.69, 9.17) is 0 Å². The Morgan fingerprint density at radius 2 is 1.36 bits per heavy atom. The first-order valence-corrected chi connectivity index (χ1v) is 7.39. The highest BCUT2D eigenvalue weighted by Crippen LogP contribution is 2.31. The third-order valence-corrected chi connectivity index (χ3v) is 3.28. The van der Waals surface area contributed by atoms with E-state index in [-0.39, 0.29) is 28.2 Å². The normalized spacial score (nSPS) is 11.8. The number of thiol groups is 1. The minimum absolute atomic E-state index is 0.173. The molecule has 2 aromatic rings. The molecule has 4 N–H and O–H groups in total. The van der Waals surface area contributed by atoms with Crippen molar-refractivity contribution >= 4 is 18.7 Å². The maximum Gasteiger partial charge on any atom is 0.157 e. The first-order valence-electron chi connectivity index (χ1n) is 6.87. The van der Waals surface area contributed by atoms with Gasteiger partial charge in [0.05, 0.1) is 0 Å². The molecule has 0 bridgehead atoms. The van der Waals surface area contributed by atoms with Gasteiger partial charge in [0.15, 0.2) is 23.0 Å². The lowest BCUT2D eigenvalue weighted by atomic mass is 10.1. The van der Waals surface area contributed by atoms with Crippen LogP contribution in [0.4, 0.5) is 0 Å². The highest BCUT2D eigenvalue weighted by atomic mass is 32.1. The Hall–Kier alpha value is -2.27. The molecule has 2 aromatic carbocycles. The van der Waals surface area contributed by atoms with E-state index in [0.29, 0.717) is 5.56 Å². The fourth-order valence-corrected chi connectivity index (χ4v) is 1.93. The molecule has 0 spiro atoms. The molecule has 5 heteroatoms. The zero-order valence-corrected chi connectivity index (χ0v) is 13.3. The van der Waals surface area contributed by atoms with E-state index < -0.39 is 0 Å². The molecule has 118 valence electrons. The van der Waals surface area contributed by atoms with Crippen LogP contribution in [-0.4, -0.2) is 20.4 Å². The second-order valence-corrected chi connectivity index (χ2v) is 4.86. The first kappa shape index (κ1) is 17.8. The van der Waals surface area contributed by atoms with Crippen LogP contribution < -0.4 is 0 Å². The first-order chi connectivity index (χ1) is 10.5. The number of benzene rings is 2. The molecular formula is C17H20O4S. The van der Waals surface area contributed by atoms with Gasteiger partial charge in [0.2, 0.25) is 0 Å². The van der Waals surface area contributed by atoms with Gasteiger partial charge >= 0.3 is 0 Å². The van der Waals surface area contributed by atoms with Crippen LogP contribution in [0, 0.1) is 0 Å². The quantitative estimate of drug-likeness (QED) is 0.433. The van der Waals surface area contributed by atoms with Crippen molar-refractivity contribution in [2.24, 2.45) is 0 Å². The average molecular weight is 320 g/mol. The van der Waals surface area contributed by atoms with Crippen molar-refractivity contribution in [1.29, 1.82) is 0 Å². The second-order valence-electron chi connectivity index (χ2n) is 4.30. The van der Waals surface area contributed by atoms with Crippen LogP contribution in [0.15, 0.2) is 42.5 Å². The predicted molar refractivity (Wildman–Crippen MR) is 91.7 cm³/mol. The summed E-state index contributed by atoms with van der Waals surface area (Å²) in [6.45, 7) is 4.00. The van der Waals surface area contributed by atoms with Gasteiger partial charge in [-0.2, -0.15) is 12.6 Å². The van der Waals surface area contributed by atoms with Crippen molar-refractivity contribution < 1.29 is 20.4 Å². The van der Waals surface area contributed by atoms with E-state index in [1.54, 1.807) is 24.3 Å². The molecular weight excluding hydrogens is 300 g/mol. The molecule has 0 aliphatic heterocycles. The molecule has 0 saturated heterocycles. The third-order valence-electron chi connectivity index (χ3n) is 2.81. The van der Waals surface area contributed by atoms with Gasteiger partial charge in [0.1, 0.15) is 0 Å². The van der Waals surface area contributed by atoms with Crippen LogP contribution in [0.3, 0.4) is 0 Å². The second kappa shape index (κ2) is 8.24. The smallest absolute Gasteiger partial charge is 0.157 e. The molecule has 22 heavy (non-hydrogen) atoms. The van der Waals surface area contributed by atoms with Gasteiger partial charge < -0.3 is 20.4 Å². The lowest BCUT2D eigenvalue weighted by molar-refractivity contribution is 0.403. The van der Waals surface area contributed by atoms with Crippen molar-refractivity contribution in [1.82, 2.24) is 0 Å². The Morgan fingerprint density at radius 1 is 0.818 bits per heavy atom. The van der Waals surface area contributed by atoms with Crippen LogP contribution in [-0.2, 0) is 0 Å². The number of aromatic hydroxyl groups is 4. The Labute approximate surface area is 135 Å². The minimum atomic E-state index is -0.280. The number of phenolic OH excluding ortho intramolecular Hbond substituents is 4. The van der Waals surface area contributed by atoms with Gasteiger partial charge in [-0.25, -0.2) is 0 Å². The molecule has 0 amide bonds. The Kier molecular flexibility index (Phi) is 6.66. The summed E-state index contributed by atoms with van der Waals surface area (Å²) >= 11 is 4.39. The molecule has 0 aromatic heterocycles. The van der Waals surface area contributed by atoms with Gasteiger partial charge in [-0.05, 0) is 35.4 Å². The fourth-order valence-electron chi connectivity index (χ4n) is 1.68. The maximum absolute atomic E-state index is 9.43. The Bertz CT molecular complexity index is 653. The third kappa shape index (κ3) is 4.63. The SMILES string of the molecule is CC.Oc1ccc(/C=C/C(S)c2ccc(O)c(O)c2)cc1O. The van der Waals surface area contributed by atoms with E-state index >= 15 is 0 Å². The Balaban J connectivity index is 0.00000116. The number of hydrogen-bond acceptors (Lipinski definition) is 5. The molecule has 4 nitrogen and oxygen atoms in total. The zero-order valence-electron chi connectivity index (χ0n) is 12.4. The minimum Gasteiger partial charge on any atom is -0.504 e.